The van der Waals surface area contributed by atoms with Gasteiger partial charge in [-0.15, -0.1) is 0 Å². The molecule has 2 aromatic carbocycles. The molecule has 0 saturated heterocycles. The summed E-state index contributed by atoms with van der Waals surface area (Å²) in [5.74, 6) is 0.376. The number of para-hydroxylation sites is 2. The van der Waals surface area contributed by atoms with Crippen LogP contribution >= 0.6 is 0 Å². The maximum absolute atomic E-state index is 12.6. The molecule has 0 spiro atoms. The van der Waals surface area contributed by atoms with Gasteiger partial charge < -0.3 is 10.1 Å². The van der Waals surface area contributed by atoms with Crippen molar-refractivity contribution >= 4 is 23.3 Å². The van der Waals surface area contributed by atoms with Crippen LogP contribution in [0.4, 0.5) is 5.69 Å². The van der Waals surface area contributed by atoms with Crippen LogP contribution in [0, 0.1) is 13.8 Å². The predicted molar refractivity (Wildman–Crippen MR) is 121 cm³/mol. The first-order chi connectivity index (χ1) is 14.5. The number of fused-ring (bicyclic) bond motifs is 1. The van der Waals surface area contributed by atoms with E-state index in [4.69, 9.17) is 9.72 Å². The number of aromatic nitrogens is 2. The highest BCUT2D eigenvalue weighted by Gasteiger charge is 2.13. The molecule has 4 rings (SSSR count). The molecule has 4 aromatic rings. The van der Waals surface area contributed by atoms with Gasteiger partial charge in [-0.25, -0.2) is 4.98 Å². The van der Waals surface area contributed by atoms with Gasteiger partial charge in [0, 0.05) is 17.8 Å². The molecule has 0 saturated carbocycles. The minimum absolute atomic E-state index is 0.239. The number of aryl methyl sites for hydroxylation is 2. The Hall–Kier alpha value is -3.86. The highest BCUT2D eigenvalue weighted by atomic mass is 16.5. The zero-order chi connectivity index (χ0) is 21.1. The molecule has 150 valence electrons. The summed E-state index contributed by atoms with van der Waals surface area (Å²) in [6.07, 6.45) is 5.30. The topological polar surface area (TPSA) is 55.6 Å². The van der Waals surface area contributed by atoms with Crippen LogP contribution in [-0.4, -0.2) is 22.4 Å². The first kappa shape index (κ1) is 19.5. The van der Waals surface area contributed by atoms with Gasteiger partial charge in [0.15, 0.2) is 0 Å². The number of benzene rings is 2. The van der Waals surface area contributed by atoms with E-state index in [-0.39, 0.29) is 5.91 Å². The van der Waals surface area contributed by atoms with Gasteiger partial charge in [-0.3, -0.25) is 9.20 Å². The third-order valence-electron chi connectivity index (χ3n) is 4.90. The van der Waals surface area contributed by atoms with Gasteiger partial charge in [-0.1, -0.05) is 42.0 Å². The van der Waals surface area contributed by atoms with E-state index in [1.54, 1.807) is 19.3 Å². The Morgan fingerprint density at radius 3 is 2.57 bits per heavy atom. The smallest absolute Gasteiger partial charge is 0.248 e. The quantitative estimate of drug-likeness (QED) is 0.466. The molecule has 0 aliphatic heterocycles. The monoisotopic (exact) mass is 397 g/mol. The van der Waals surface area contributed by atoms with Gasteiger partial charge in [0.2, 0.25) is 5.91 Å². The molecule has 2 aromatic heterocycles. The predicted octanol–water partition coefficient (Wildman–Crippen LogP) is 5.28. The van der Waals surface area contributed by atoms with Crippen molar-refractivity contribution in [1.29, 1.82) is 0 Å². The number of amides is 1. The van der Waals surface area contributed by atoms with Crippen LogP contribution in [0.3, 0.4) is 0 Å². The molecule has 0 aliphatic rings. The van der Waals surface area contributed by atoms with Crippen molar-refractivity contribution < 1.29 is 9.53 Å². The number of hydrogen-bond acceptors (Lipinski definition) is 3. The second-order valence-corrected chi connectivity index (χ2v) is 7.17. The molecule has 30 heavy (non-hydrogen) atoms. The SMILES string of the molecule is COc1ccccc1NC(=O)/C=C/c1c(-c2ccc(C)cc2)nc2cc(C)ccn12. The molecular formula is C25H23N3O2. The molecule has 0 bridgehead atoms. The first-order valence-electron chi connectivity index (χ1n) is 9.73. The number of hydrogen-bond donors (Lipinski definition) is 1. The van der Waals surface area contributed by atoms with Crippen LogP contribution in [0.2, 0.25) is 0 Å². The van der Waals surface area contributed by atoms with Crippen molar-refractivity contribution in [3.63, 3.8) is 0 Å². The summed E-state index contributed by atoms with van der Waals surface area (Å²) in [6, 6.07) is 19.6. The number of ether oxygens (including phenoxy) is 1. The molecular weight excluding hydrogens is 374 g/mol. The number of rotatable bonds is 5. The van der Waals surface area contributed by atoms with Gasteiger partial charge >= 0.3 is 0 Å². The van der Waals surface area contributed by atoms with Crippen molar-refractivity contribution in [1.82, 2.24) is 9.38 Å². The third kappa shape index (κ3) is 3.96. The van der Waals surface area contributed by atoms with E-state index in [2.05, 4.69) is 36.5 Å². The average molecular weight is 397 g/mol. The number of anilines is 1. The Morgan fingerprint density at radius 1 is 1.03 bits per heavy atom. The largest absolute Gasteiger partial charge is 0.495 e. The van der Waals surface area contributed by atoms with E-state index in [0.717, 1.165) is 28.2 Å². The van der Waals surface area contributed by atoms with Crippen LogP contribution < -0.4 is 10.1 Å². The van der Waals surface area contributed by atoms with Crippen LogP contribution in [0.15, 0.2) is 72.9 Å². The Labute approximate surface area is 175 Å². The minimum atomic E-state index is -0.239. The summed E-state index contributed by atoms with van der Waals surface area (Å²) in [5, 5.41) is 2.87. The maximum Gasteiger partial charge on any atom is 0.248 e. The molecule has 1 N–H and O–H groups in total. The van der Waals surface area contributed by atoms with E-state index in [9.17, 15) is 4.79 Å². The molecule has 0 atom stereocenters. The van der Waals surface area contributed by atoms with E-state index < -0.39 is 0 Å². The Kier molecular flexibility index (Phi) is 5.35. The van der Waals surface area contributed by atoms with E-state index in [0.29, 0.717) is 11.4 Å². The summed E-state index contributed by atoms with van der Waals surface area (Å²) in [4.78, 5) is 17.4. The lowest BCUT2D eigenvalue weighted by Gasteiger charge is -2.08. The summed E-state index contributed by atoms with van der Waals surface area (Å²) >= 11 is 0. The molecule has 0 unspecified atom stereocenters. The summed E-state index contributed by atoms with van der Waals surface area (Å²) < 4.78 is 7.29. The molecule has 0 radical (unpaired) electrons. The molecule has 0 fully saturated rings. The molecule has 2 heterocycles. The van der Waals surface area contributed by atoms with Crippen LogP contribution in [-0.2, 0) is 4.79 Å². The van der Waals surface area contributed by atoms with Crippen molar-refractivity contribution in [2.24, 2.45) is 0 Å². The number of imidazole rings is 1. The summed E-state index contributed by atoms with van der Waals surface area (Å²) in [7, 11) is 1.58. The third-order valence-corrected chi connectivity index (χ3v) is 4.90. The number of nitrogens with one attached hydrogen (secondary N) is 1. The van der Waals surface area contributed by atoms with Crippen LogP contribution in [0.1, 0.15) is 16.8 Å². The van der Waals surface area contributed by atoms with E-state index >= 15 is 0 Å². The fourth-order valence-electron chi connectivity index (χ4n) is 3.33. The van der Waals surface area contributed by atoms with Gasteiger partial charge in [0.1, 0.15) is 11.4 Å². The second kappa shape index (κ2) is 8.25. The summed E-state index contributed by atoms with van der Waals surface area (Å²) in [5.41, 5.74) is 6.48. The molecule has 5 nitrogen and oxygen atoms in total. The van der Waals surface area contributed by atoms with Crippen molar-refractivity contribution in [2.75, 3.05) is 12.4 Å². The van der Waals surface area contributed by atoms with Crippen molar-refractivity contribution in [3.8, 4) is 17.0 Å². The maximum atomic E-state index is 12.6. The van der Waals surface area contributed by atoms with Crippen molar-refractivity contribution in [2.45, 2.75) is 13.8 Å². The number of carbonyl (C=O) groups is 1. The van der Waals surface area contributed by atoms with Gasteiger partial charge in [-0.05, 0) is 49.8 Å². The number of nitrogens with zero attached hydrogens (tertiary/aromatic N) is 2. The van der Waals surface area contributed by atoms with E-state index in [1.165, 1.54) is 11.6 Å². The lowest BCUT2D eigenvalue weighted by Crippen LogP contribution is -2.08. The number of methoxy groups -OCH3 is 1. The van der Waals surface area contributed by atoms with Crippen molar-refractivity contribution in [3.05, 3.63) is 89.8 Å². The first-order valence-corrected chi connectivity index (χ1v) is 9.73. The normalized spacial score (nSPS) is 11.2. The van der Waals surface area contributed by atoms with Crippen LogP contribution in [0.5, 0.6) is 5.75 Å². The molecule has 1 amide bonds. The number of carbonyl (C=O) groups excluding carboxylic acids is 1. The second-order valence-electron chi connectivity index (χ2n) is 7.17. The standard InChI is InChI=1S/C25H23N3O2/c1-17-8-10-19(11-9-17)25-21(28-15-14-18(2)16-23(28)27-25)12-13-24(29)26-20-6-4-5-7-22(20)30-3/h4-16H,1-3H3,(H,26,29)/b13-12+. The minimum Gasteiger partial charge on any atom is -0.495 e. The highest BCUT2D eigenvalue weighted by molar-refractivity contribution is 6.03. The fraction of sp³-hybridized carbons (Fsp3) is 0.120. The van der Waals surface area contributed by atoms with E-state index in [1.807, 2.05) is 47.9 Å². The van der Waals surface area contributed by atoms with Gasteiger partial charge in [-0.2, -0.15) is 0 Å². The van der Waals surface area contributed by atoms with Gasteiger partial charge in [0.05, 0.1) is 24.2 Å². The Balaban J connectivity index is 1.71. The molecule has 0 aliphatic carbocycles. The zero-order valence-electron chi connectivity index (χ0n) is 17.2. The number of pyridine rings is 1. The fourth-order valence-corrected chi connectivity index (χ4v) is 3.33. The molecule has 5 heteroatoms. The highest BCUT2D eigenvalue weighted by Crippen LogP contribution is 2.27. The Morgan fingerprint density at radius 2 is 1.80 bits per heavy atom. The lowest BCUT2D eigenvalue weighted by atomic mass is 10.1. The van der Waals surface area contributed by atoms with Gasteiger partial charge in [0.25, 0.3) is 0 Å². The van der Waals surface area contributed by atoms with Crippen LogP contribution in [0.25, 0.3) is 23.0 Å². The lowest BCUT2D eigenvalue weighted by molar-refractivity contribution is -0.111. The average Bonchev–Trinajstić information content (AvgIpc) is 3.10. The zero-order valence-corrected chi connectivity index (χ0v) is 17.2. The summed E-state index contributed by atoms with van der Waals surface area (Å²) in [6.45, 7) is 4.09. The Bertz CT molecular complexity index is 1240.